The molecule has 0 spiro atoms. The lowest BCUT2D eigenvalue weighted by Crippen LogP contribution is -2.23. The molecule has 0 radical (unpaired) electrons. The number of H-pyrrole nitrogens is 1. The van der Waals surface area contributed by atoms with Crippen molar-refractivity contribution in [3.8, 4) is 17.1 Å². The van der Waals surface area contributed by atoms with E-state index >= 15 is 0 Å². The van der Waals surface area contributed by atoms with Crippen molar-refractivity contribution in [2.45, 2.75) is 26.7 Å². The molecule has 7 heteroatoms. The van der Waals surface area contributed by atoms with E-state index in [1.807, 2.05) is 13.8 Å². The van der Waals surface area contributed by atoms with Crippen molar-refractivity contribution in [1.29, 1.82) is 0 Å². The van der Waals surface area contributed by atoms with E-state index in [0.717, 1.165) is 41.2 Å². The van der Waals surface area contributed by atoms with E-state index in [0.29, 0.717) is 18.1 Å². The Hall–Kier alpha value is -2.96. The monoisotopic (exact) mass is 339 g/mol. The van der Waals surface area contributed by atoms with Crippen LogP contribution in [-0.4, -0.2) is 32.2 Å². The number of carbonyl (C=O) groups is 1. The number of aromatic nitrogens is 4. The number of nitrogens with one attached hydrogen (secondary N) is 2. The van der Waals surface area contributed by atoms with Gasteiger partial charge >= 0.3 is 0 Å². The second kappa shape index (κ2) is 5.84. The lowest BCUT2D eigenvalue weighted by Gasteiger charge is -2.04. The van der Waals surface area contributed by atoms with Crippen LogP contribution in [0.15, 0.2) is 24.3 Å². The van der Waals surface area contributed by atoms with Crippen LogP contribution in [0.2, 0.25) is 0 Å². The van der Waals surface area contributed by atoms with Crippen LogP contribution in [0.25, 0.3) is 17.1 Å². The van der Waals surface area contributed by atoms with E-state index in [4.69, 9.17) is 0 Å². The normalized spacial score (nSPS) is 14.1. The zero-order chi connectivity index (χ0) is 17.6. The SMILES string of the molecule is Cc1nn(-c2ccc(F)cc2)c(C)c1-c1nc2c([nH]1)CCCNC2=O. The van der Waals surface area contributed by atoms with E-state index in [9.17, 15) is 9.18 Å². The van der Waals surface area contributed by atoms with Gasteiger partial charge in [0.1, 0.15) is 17.3 Å². The topological polar surface area (TPSA) is 75.6 Å². The third-order valence-electron chi connectivity index (χ3n) is 4.48. The fraction of sp³-hybridized carbons (Fsp3) is 0.278. The van der Waals surface area contributed by atoms with Gasteiger partial charge in [0.05, 0.1) is 22.6 Å². The summed E-state index contributed by atoms with van der Waals surface area (Å²) in [5.41, 5.74) is 4.64. The first-order valence-corrected chi connectivity index (χ1v) is 8.24. The molecule has 0 saturated carbocycles. The number of imidazole rings is 1. The van der Waals surface area contributed by atoms with Crippen LogP contribution in [0.4, 0.5) is 4.39 Å². The smallest absolute Gasteiger partial charge is 0.271 e. The Kier molecular flexibility index (Phi) is 3.63. The maximum absolute atomic E-state index is 13.2. The maximum Gasteiger partial charge on any atom is 0.271 e. The number of aryl methyl sites for hydroxylation is 2. The number of amides is 1. The summed E-state index contributed by atoms with van der Waals surface area (Å²) in [5, 5.41) is 7.42. The van der Waals surface area contributed by atoms with E-state index in [2.05, 4.69) is 20.4 Å². The standard InChI is InChI=1S/C18H18FN5O/c1-10-15(11(2)24(23-10)13-7-5-12(19)6-8-13)17-21-14-4-3-9-20-18(25)16(14)22-17/h5-8H,3-4,9H2,1-2H3,(H,20,25)(H,21,22). The quantitative estimate of drug-likeness (QED) is 0.754. The molecule has 3 heterocycles. The van der Waals surface area contributed by atoms with Crippen LogP contribution < -0.4 is 5.32 Å². The number of hydrogen-bond acceptors (Lipinski definition) is 3. The lowest BCUT2D eigenvalue weighted by molar-refractivity contribution is 0.0951. The van der Waals surface area contributed by atoms with E-state index < -0.39 is 0 Å². The van der Waals surface area contributed by atoms with Crippen LogP contribution in [-0.2, 0) is 6.42 Å². The van der Waals surface area contributed by atoms with Gasteiger partial charge in [0.15, 0.2) is 0 Å². The number of hydrogen-bond donors (Lipinski definition) is 2. The van der Waals surface area contributed by atoms with Crippen molar-refractivity contribution in [3.05, 3.63) is 52.9 Å². The number of rotatable bonds is 2. The number of carbonyl (C=O) groups excluding carboxylic acids is 1. The Bertz CT molecular complexity index is 955. The molecule has 0 unspecified atom stereocenters. The second-order valence-corrected chi connectivity index (χ2v) is 6.21. The Morgan fingerprint density at radius 1 is 1.20 bits per heavy atom. The van der Waals surface area contributed by atoms with Gasteiger partial charge in [-0.15, -0.1) is 0 Å². The summed E-state index contributed by atoms with van der Waals surface area (Å²) in [6.07, 6.45) is 1.67. The van der Waals surface area contributed by atoms with Gasteiger partial charge < -0.3 is 10.3 Å². The van der Waals surface area contributed by atoms with Crippen molar-refractivity contribution in [2.75, 3.05) is 6.54 Å². The van der Waals surface area contributed by atoms with Gasteiger partial charge in [-0.1, -0.05) is 0 Å². The first kappa shape index (κ1) is 15.6. The predicted octanol–water partition coefficient (Wildman–Crippen LogP) is 2.69. The minimum atomic E-state index is -0.286. The Labute approximate surface area is 144 Å². The molecular weight excluding hydrogens is 321 g/mol. The molecule has 0 aliphatic carbocycles. The highest BCUT2D eigenvalue weighted by Crippen LogP contribution is 2.28. The molecule has 0 saturated heterocycles. The van der Waals surface area contributed by atoms with Crippen LogP contribution in [0.1, 0.15) is 34.0 Å². The van der Waals surface area contributed by atoms with Crippen molar-refractivity contribution in [1.82, 2.24) is 25.1 Å². The van der Waals surface area contributed by atoms with E-state index in [1.54, 1.807) is 16.8 Å². The molecule has 1 aromatic carbocycles. The molecule has 25 heavy (non-hydrogen) atoms. The average molecular weight is 339 g/mol. The summed E-state index contributed by atoms with van der Waals surface area (Å²) < 4.78 is 14.9. The first-order chi connectivity index (χ1) is 12.0. The summed E-state index contributed by atoms with van der Waals surface area (Å²) in [7, 11) is 0. The summed E-state index contributed by atoms with van der Waals surface area (Å²) in [5.74, 6) is 0.216. The Morgan fingerprint density at radius 2 is 1.96 bits per heavy atom. The fourth-order valence-electron chi connectivity index (χ4n) is 3.27. The van der Waals surface area contributed by atoms with Gasteiger partial charge in [-0.05, 0) is 51.0 Å². The molecule has 0 fully saturated rings. The van der Waals surface area contributed by atoms with Crippen molar-refractivity contribution < 1.29 is 9.18 Å². The summed E-state index contributed by atoms with van der Waals surface area (Å²) >= 11 is 0. The highest BCUT2D eigenvalue weighted by Gasteiger charge is 2.24. The molecule has 2 aromatic heterocycles. The largest absolute Gasteiger partial charge is 0.351 e. The molecule has 1 aliphatic heterocycles. The number of nitrogens with zero attached hydrogens (tertiary/aromatic N) is 3. The van der Waals surface area contributed by atoms with Gasteiger partial charge in [0.2, 0.25) is 0 Å². The van der Waals surface area contributed by atoms with Crippen LogP contribution in [0.5, 0.6) is 0 Å². The van der Waals surface area contributed by atoms with Gasteiger partial charge in [0.25, 0.3) is 5.91 Å². The van der Waals surface area contributed by atoms with Gasteiger partial charge in [-0.25, -0.2) is 14.1 Å². The molecule has 1 amide bonds. The van der Waals surface area contributed by atoms with E-state index in [-0.39, 0.29) is 11.7 Å². The van der Waals surface area contributed by atoms with Crippen LogP contribution in [0.3, 0.4) is 0 Å². The molecular formula is C18H18FN5O. The summed E-state index contributed by atoms with van der Waals surface area (Å²) in [6, 6.07) is 6.18. The zero-order valence-electron chi connectivity index (χ0n) is 14.1. The molecule has 2 N–H and O–H groups in total. The predicted molar refractivity (Wildman–Crippen MR) is 91.2 cm³/mol. The molecule has 0 atom stereocenters. The number of benzene rings is 1. The third-order valence-corrected chi connectivity index (χ3v) is 4.48. The zero-order valence-corrected chi connectivity index (χ0v) is 14.1. The van der Waals surface area contributed by atoms with E-state index in [1.165, 1.54) is 12.1 Å². The summed E-state index contributed by atoms with van der Waals surface area (Å²) in [6.45, 7) is 4.50. The second-order valence-electron chi connectivity index (χ2n) is 6.21. The molecule has 1 aliphatic rings. The minimum Gasteiger partial charge on any atom is -0.351 e. The van der Waals surface area contributed by atoms with Gasteiger partial charge in [-0.3, -0.25) is 4.79 Å². The average Bonchev–Trinajstić information content (AvgIpc) is 3.08. The number of halogens is 1. The lowest BCUT2D eigenvalue weighted by atomic mass is 10.2. The third kappa shape index (κ3) is 2.61. The molecule has 128 valence electrons. The molecule has 6 nitrogen and oxygen atoms in total. The Morgan fingerprint density at radius 3 is 2.72 bits per heavy atom. The molecule has 0 bridgehead atoms. The van der Waals surface area contributed by atoms with Gasteiger partial charge in [-0.2, -0.15) is 5.10 Å². The van der Waals surface area contributed by atoms with Crippen molar-refractivity contribution >= 4 is 5.91 Å². The van der Waals surface area contributed by atoms with Crippen molar-refractivity contribution in [2.24, 2.45) is 0 Å². The number of fused-ring (bicyclic) bond motifs is 1. The highest BCUT2D eigenvalue weighted by atomic mass is 19.1. The van der Waals surface area contributed by atoms with Crippen molar-refractivity contribution in [3.63, 3.8) is 0 Å². The highest BCUT2D eigenvalue weighted by molar-refractivity contribution is 5.94. The molecule has 4 rings (SSSR count). The maximum atomic E-state index is 13.2. The van der Waals surface area contributed by atoms with Gasteiger partial charge in [0, 0.05) is 12.2 Å². The van der Waals surface area contributed by atoms with Crippen LogP contribution >= 0.6 is 0 Å². The molecule has 3 aromatic rings. The minimum absolute atomic E-state index is 0.142. The number of aromatic amines is 1. The fourth-order valence-corrected chi connectivity index (χ4v) is 3.27. The van der Waals surface area contributed by atoms with Crippen LogP contribution in [0, 0.1) is 19.7 Å². The Balaban J connectivity index is 1.81. The first-order valence-electron chi connectivity index (χ1n) is 8.24. The summed E-state index contributed by atoms with van der Waals surface area (Å²) in [4.78, 5) is 19.9.